The number of nitrogens with one attached hydrogen (secondary N) is 3. The van der Waals surface area contributed by atoms with Crippen LogP contribution in [0.15, 0.2) is 197 Å². The molecular formula is C88H104N8O9. The second kappa shape index (κ2) is 37.2. The Morgan fingerprint density at radius 1 is 0.400 bits per heavy atom. The van der Waals surface area contributed by atoms with Crippen molar-refractivity contribution in [3.8, 4) is 33.4 Å². The van der Waals surface area contributed by atoms with Crippen molar-refractivity contribution in [2.75, 3.05) is 0 Å². The molecule has 3 N–H and O–H groups in total. The number of carbonyl (C=O) groups excluding carboxylic acids is 6. The zero-order valence-electron chi connectivity index (χ0n) is 63.7. The van der Waals surface area contributed by atoms with Crippen LogP contribution >= 0.6 is 0 Å². The van der Waals surface area contributed by atoms with Crippen LogP contribution in [0.4, 0.5) is 0 Å². The van der Waals surface area contributed by atoms with Crippen LogP contribution in [0.5, 0.6) is 0 Å². The lowest BCUT2D eigenvalue weighted by atomic mass is 9.94. The number of hydrogen-bond acceptors (Lipinski definition) is 11. The van der Waals surface area contributed by atoms with Crippen LogP contribution in [-0.2, 0) is 28.8 Å². The third kappa shape index (κ3) is 22.5. The van der Waals surface area contributed by atoms with Gasteiger partial charge in [0.2, 0.25) is 17.7 Å². The van der Waals surface area contributed by atoms with Gasteiger partial charge in [-0.3, -0.25) is 53.1 Å². The maximum Gasteiger partial charge on any atom is 0.251 e. The van der Waals surface area contributed by atoms with Crippen LogP contribution in [0.3, 0.4) is 0 Å². The third-order valence-electron chi connectivity index (χ3n) is 19.0. The zero-order valence-corrected chi connectivity index (χ0v) is 63.7. The van der Waals surface area contributed by atoms with Crippen LogP contribution in [0.25, 0.3) is 33.4 Å². The Balaban J connectivity index is 0.000000199. The number of nitrogens with zero attached hydrogens (tertiary/aromatic N) is 5. The molecule has 0 saturated heterocycles. The van der Waals surface area contributed by atoms with Gasteiger partial charge < -0.3 is 29.7 Å². The molecule has 0 aliphatic heterocycles. The van der Waals surface area contributed by atoms with Crippen LogP contribution in [0.1, 0.15) is 211 Å². The van der Waals surface area contributed by atoms with E-state index in [-0.39, 0.29) is 88.8 Å². The largest absolute Gasteiger partial charge is 0.347 e. The SMILES string of the molecule is CC(=O)CC(NC(=O)C(CC(C)C)n1ccc(C2CC2)cc1=O)c1cncc(-c2c(C)cccc2C)c1.CC(=O)C[C@H](NC(=O)[C@@H](CC(C)C)n1ccc(C)cc1=O)c1cncc(-c2c(C)cccc2C)c1.CC(=O)C[C@H](NC(=O)[C@@H](CC(C)C)n1ccccc1=O)c1cccc(-c2ccccc2C)c1. The van der Waals surface area contributed by atoms with Crippen LogP contribution in [0, 0.1) is 59.3 Å². The molecule has 1 fully saturated rings. The van der Waals surface area contributed by atoms with E-state index in [2.05, 4.69) is 96.9 Å². The van der Waals surface area contributed by atoms with Crippen molar-refractivity contribution < 1.29 is 28.8 Å². The zero-order chi connectivity index (χ0) is 76.3. The number of amides is 3. The Hall–Kier alpha value is -10.6. The van der Waals surface area contributed by atoms with Gasteiger partial charge in [0, 0.05) is 92.0 Å². The summed E-state index contributed by atoms with van der Waals surface area (Å²) in [7, 11) is 0. The Bertz CT molecular complexity index is 4710. The molecule has 2 unspecified atom stereocenters. The number of rotatable bonds is 28. The molecule has 17 heteroatoms. The summed E-state index contributed by atoms with van der Waals surface area (Å²) in [4.78, 5) is 124. The van der Waals surface area contributed by atoms with Crippen LogP contribution in [0.2, 0.25) is 0 Å². The summed E-state index contributed by atoms with van der Waals surface area (Å²) in [5, 5.41) is 9.22. The van der Waals surface area contributed by atoms with E-state index in [4.69, 9.17) is 0 Å². The van der Waals surface area contributed by atoms with Gasteiger partial charge in [-0.1, -0.05) is 126 Å². The molecule has 1 saturated carbocycles. The fourth-order valence-electron chi connectivity index (χ4n) is 13.7. The van der Waals surface area contributed by atoms with Gasteiger partial charge in [0.15, 0.2) is 0 Å². The van der Waals surface area contributed by atoms with Gasteiger partial charge >= 0.3 is 0 Å². The summed E-state index contributed by atoms with van der Waals surface area (Å²) < 4.78 is 4.50. The van der Waals surface area contributed by atoms with Gasteiger partial charge in [-0.05, 0) is 232 Å². The van der Waals surface area contributed by atoms with E-state index in [9.17, 15) is 43.2 Å². The molecule has 1 aliphatic carbocycles. The molecule has 17 nitrogen and oxygen atoms in total. The Morgan fingerprint density at radius 2 is 0.790 bits per heavy atom. The fourth-order valence-corrected chi connectivity index (χ4v) is 13.7. The molecule has 9 aromatic rings. The minimum atomic E-state index is -0.674. The van der Waals surface area contributed by atoms with Crippen LogP contribution < -0.4 is 32.6 Å². The van der Waals surface area contributed by atoms with E-state index in [1.807, 2.05) is 127 Å². The number of hydrogen-bond donors (Lipinski definition) is 3. The van der Waals surface area contributed by atoms with Gasteiger partial charge in [-0.15, -0.1) is 0 Å². The smallest absolute Gasteiger partial charge is 0.251 e. The normalized spacial score (nSPS) is 13.6. The summed E-state index contributed by atoms with van der Waals surface area (Å²) in [5.41, 5.74) is 15.6. The predicted octanol–water partition coefficient (Wildman–Crippen LogP) is 16.3. The summed E-state index contributed by atoms with van der Waals surface area (Å²) in [6.07, 6.45) is 16.3. The highest BCUT2D eigenvalue weighted by atomic mass is 16.2. The number of ketones is 3. The molecule has 0 spiro atoms. The number of carbonyl (C=O) groups is 6. The highest BCUT2D eigenvalue weighted by Gasteiger charge is 2.32. The molecule has 5 heterocycles. The molecule has 550 valence electrons. The highest BCUT2D eigenvalue weighted by Crippen LogP contribution is 2.40. The van der Waals surface area contributed by atoms with Gasteiger partial charge in [0.25, 0.3) is 16.7 Å². The van der Waals surface area contributed by atoms with Crippen molar-refractivity contribution in [2.24, 2.45) is 17.8 Å². The van der Waals surface area contributed by atoms with E-state index in [0.717, 1.165) is 102 Å². The first kappa shape index (κ1) is 80.1. The first-order valence-corrected chi connectivity index (χ1v) is 36.6. The quantitative estimate of drug-likeness (QED) is 0.0417. The number of pyridine rings is 5. The van der Waals surface area contributed by atoms with E-state index in [0.29, 0.717) is 25.2 Å². The maximum absolute atomic E-state index is 13.7. The summed E-state index contributed by atoms with van der Waals surface area (Å²) in [5.74, 6) is 0.176. The standard InChI is InChI=1S/C31H37N3O3.C29H35N3O3.C28H32N2O3/c1-19(2)13-28(34-12-11-24(16-29(34)36)23-9-10-23)31(37)33-27(14-22(5)35)25-15-26(18-32-17-25)30-20(3)7-6-8-21(30)4;1-18(2)12-26(32-11-10-19(3)13-27(32)34)29(35)31-25(14-22(6)33)23-15-24(17-30-16-23)28-20(4)8-7-9-21(28)5;1-19(2)16-26(30-15-8-7-14-27(30)32)28(33)29-25(17-21(4)31)23-12-9-11-22(18-23)24-13-6-5-10-20(24)3/h6-8,11-12,15-19,23,27-28H,9-10,13-14H2,1-5H3,(H,33,37);7-11,13,15-18,25-26H,12,14H2,1-6H3,(H,31,35);5-15,18-19,25-26H,16-17H2,1-4H3,(H,29,33)/t;2*25-,26+/m.00/s1. The van der Waals surface area contributed by atoms with Gasteiger partial charge in [-0.2, -0.15) is 0 Å². The molecule has 6 atom stereocenters. The van der Waals surface area contributed by atoms with Gasteiger partial charge in [0.1, 0.15) is 35.5 Å². The van der Waals surface area contributed by atoms with Crippen LogP contribution in [-0.4, -0.2) is 58.7 Å². The van der Waals surface area contributed by atoms with Gasteiger partial charge in [-0.25, -0.2) is 0 Å². The molecule has 105 heavy (non-hydrogen) atoms. The average molecular weight is 1420 g/mol. The Labute approximate surface area is 618 Å². The van der Waals surface area contributed by atoms with E-state index < -0.39 is 36.3 Å². The minimum absolute atomic E-state index is 0.0149. The first-order valence-electron chi connectivity index (χ1n) is 36.6. The molecule has 0 radical (unpaired) electrons. The second-order valence-corrected chi connectivity index (χ2v) is 29.7. The Morgan fingerprint density at radius 3 is 1.20 bits per heavy atom. The minimum Gasteiger partial charge on any atom is -0.347 e. The maximum atomic E-state index is 13.7. The topological polar surface area (TPSA) is 230 Å². The van der Waals surface area contributed by atoms with Crippen molar-refractivity contribution in [1.29, 1.82) is 0 Å². The summed E-state index contributed by atoms with van der Waals surface area (Å²) in [6.45, 7) is 28.9. The van der Waals surface area contributed by atoms with Crippen molar-refractivity contribution in [1.82, 2.24) is 39.6 Å². The summed E-state index contributed by atoms with van der Waals surface area (Å²) >= 11 is 0. The molecule has 4 aromatic carbocycles. The van der Waals surface area contributed by atoms with Crippen molar-refractivity contribution in [3.63, 3.8) is 0 Å². The van der Waals surface area contributed by atoms with E-state index in [1.54, 1.807) is 55.4 Å². The summed E-state index contributed by atoms with van der Waals surface area (Å²) in [6, 6.07) is 40.7. The van der Waals surface area contributed by atoms with E-state index in [1.165, 1.54) is 46.6 Å². The molecule has 3 amide bonds. The second-order valence-electron chi connectivity index (χ2n) is 29.7. The average Bonchev–Trinajstić information content (AvgIpc) is 1.74. The lowest BCUT2D eigenvalue weighted by molar-refractivity contribution is -0.127. The fraction of sp³-hybridized carbons (Fsp3) is 0.375. The number of benzene rings is 4. The lowest BCUT2D eigenvalue weighted by Gasteiger charge is -2.25. The number of aryl methyl sites for hydroxylation is 6. The van der Waals surface area contributed by atoms with Crippen molar-refractivity contribution in [3.05, 3.63) is 270 Å². The first-order chi connectivity index (χ1) is 50.0. The molecule has 5 aromatic heterocycles. The monoisotopic (exact) mass is 1420 g/mol. The highest BCUT2D eigenvalue weighted by molar-refractivity contribution is 5.85. The van der Waals surface area contributed by atoms with Crippen molar-refractivity contribution >= 4 is 35.1 Å². The van der Waals surface area contributed by atoms with E-state index >= 15 is 0 Å². The number of Topliss-reactive ketones (excluding diaryl/α,β-unsaturated/α-hetero) is 3. The van der Waals surface area contributed by atoms with Gasteiger partial charge in [0.05, 0.1) is 18.1 Å². The number of aromatic nitrogens is 5. The molecule has 10 rings (SSSR count). The molecule has 0 bridgehead atoms. The third-order valence-corrected chi connectivity index (χ3v) is 19.0. The Kier molecular flexibility index (Phi) is 28.4. The molecular weight excluding hydrogens is 1310 g/mol. The van der Waals surface area contributed by atoms with Crippen molar-refractivity contribution in [2.45, 2.75) is 197 Å². The predicted molar refractivity (Wildman–Crippen MR) is 418 cm³/mol. The molecule has 1 aliphatic rings. The lowest BCUT2D eigenvalue weighted by Crippen LogP contribution is -2.40.